The van der Waals surface area contributed by atoms with Crippen molar-refractivity contribution in [2.24, 2.45) is 0 Å². The van der Waals surface area contributed by atoms with E-state index in [1.807, 2.05) is 35.0 Å². The van der Waals surface area contributed by atoms with Gasteiger partial charge in [0.25, 0.3) is 5.91 Å². The predicted molar refractivity (Wildman–Crippen MR) is 122 cm³/mol. The summed E-state index contributed by atoms with van der Waals surface area (Å²) in [6, 6.07) is 13.4. The molecule has 0 unspecified atom stereocenters. The molecule has 1 amide bonds. The van der Waals surface area contributed by atoms with Gasteiger partial charge >= 0.3 is 6.18 Å². The number of alkyl halides is 3. The highest BCUT2D eigenvalue weighted by atomic mass is 32.1. The van der Waals surface area contributed by atoms with Crippen LogP contribution in [-0.4, -0.2) is 20.6 Å². The number of hydrogen-bond donors (Lipinski definition) is 0. The van der Waals surface area contributed by atoms with Crippen LogP contribution in [0.5, 0.6) is 0 Å². The van der Waals surface area contributed by atoms with Gasteiger partial charge in [0.1, 0.15) is 0 Å². The molecule has 0 radical (unpaired) electrons. The highest BCUT2D eigenvalue weighted by molar-refractivity contribution is 7.10. The van der Waals surface area contributed by atoms with Crippen LogP contribution in [0, 0.1) is 6.92 Å². The Bertz CT molecular complexity index is 1280. The molecular weight excluding hydrogens is 471 g/mol. The first-order chi connectivity index (χ1) is 15.7. The number of nitrogens with zero attached hydrogens (tertiary/aromatic N) is 3. The Balaban J connectivity index is 1.74. The number of aryl methyl sites for hydroxylation is 1. The topological polar surface area (TPSA) is 55.2 Å². The Morgan fingerprint density at radius 2 is 1.64 bits per heavy atom. The van der Waals surface area contributed by atoms with Crippen molar-refractivity contribution in [3.05, 3.63) is 102 Å². The van der Waals surface area contributed by atoms with Crippen molar-refractivity contribution >= 4 is 28.6 Å². The van der Waals surface area contributed by atoms with Crippen molar-refractivity contribution in [2.45, 2.75) is 26.2 Å². The lowest BCUT2D eigenvalue weighted by Gasteiger charge is -2.21. The first-order valence-corrected chi connectivity index (χ1v) is 11.6. The zero-order valence-corrected chi connectivity index (χ0v) is 19.0. The van der Waals surface area contributed by atoms with Gasteiger partial charge in [0, 0.05) is 21.5 Å². The summed E-state index contributed by atoms with van der Waals surface area (Å²) in [6.07, 6.45) is -4.53. The van der Waals surface area contributed by atoms with Gasteiger partial charge in [0.2, 0.25) is 5.43 Å². The minimum Gasteiger partial charge on any atom is -0.327 e. The highest BCUT2D eigenvalue weighted by Gasteiger charge is 2.31. The van der Waals surface area contributed by atoms with Crippen LogP contribution < -0.4 is 5.43 Å². The lowest BCUT2D eigenvalue weighted by atomic mass is 10.2. The van der Waals surface area contributed by atoms with Gasteiger partial charge in [-0.25, -0.2) is 4.68 Å². The van der Waals surface area contributed by atoms with Gasteiger partial charge in [-0.15, -0.1) is 22.7 Å². The number of carbonyl (C=O) groups is 1. The van der Waals surface area contributed by atoms with Gasteiger partial charge < -0.3 is 4.90 Å². The normalized spacial score (nSPS) is 11.5. The van der Waals surface area contributed by atoms with Gasteiger partial charge in [-0.1, -0.05) is 18.2 Å². The number of hydrogen-bond acceptors (Lipinski definition) is 5. The third-order valence-electron chi connectivity index (χ3n) is 4.87. The third-order valence-corrected chi connectivity index (χ3v) is 6.59. The standard InChI is InChI=1S/C23H18F3N3O2S2/c1-15-11-20(30)21(27-29(15)17-6-2-5-16(12-17)23(24,25)26)22(31)28(13-18-7-3-9-32-18)14-19-8-4-10-33-19/h2-12H,13-14H2,1H3. The Morgan fingerprint density at radius 1 is 1.00 bits per heavy atom. The maximum Gasteiger partial charge on any atom is 0.416 e. The molecule has 0 saturated carbocycles. The Labute approximate surface area is 195 Å². The van der Waals surface area contributed by atoms with Gasteiger partial charge in [0.05, 0.1) is 24.3 Å². The van der Waals surface area contributed by atoms with Crippen LogP contribution >= 0.6 is 22.7 Å². The molecule has 0 aliphatic heterocycles. The van der Waals surface area contributed by atoms with E-state index >= 15 is 0 Å². The van der Waals surface area contributed by atoms with E-state index in [0.717, 1.165) is 21.9 Å². The Kier molecular flexibility index (Phi) is 6.48. The fourth-order valence-corrected chi connectivity index (χ4v) is 4.74. The molecule has 0 bridgehead atoms. The fraction of sp³-hybridized carbons (Fsp3) is 0.174. The van der Waals surface area contributed by atoms with Crippen LogP contribution in [0.1, 0.15) is 31.5 Å². The quantitative estimate of drug-likeness (QED) is 0.358. The predicted octanol–water partition coefficient (Wildman–Crippen LogP) is 5.53. The van der Waals surface area contributed by atoms with Crippen molar-refractivity contribution in [1.82, 2.24) is 14.7 Å². The molecule has 5 nitrogen and oxygen atoms in total. The van der Waals surface area contributed by atoms with E-state index in [2.05, 4.69) is 5.10 Å². The van der Waals surface area contributed by atoms with E-state index < -0.39 is 23.1 Å². The van der Waals surface area contributed by atoms with Gasteiger partial charge in [0.15, 0.2) is 5.69 Å². The molecule has 33 heavy (non-hydrogen) atoms. The number of carbonyl (C=O) groups excluding carboxylic acids is 1. The third kappa shape index (κ3) is 5.23. The van der Waals surface area contributed by atoms with Crippen LogP contribution in [0.2, 0.25) is 0 Å². The average molecular weight is 490 g/mol. The number of halogens is 3. The van der Waals surface area contributed by atoms with Crippen LogP contribution in [0.15, 0.2) is 70.2 Å². The van der Waals surface area contributed by atoms with Crippen molar-refractivity contribution < 1.29 is 18.0 Å². The molecule has 0 aliphatic rings. The van der Waals surface area contributed by atoms with E-state index in [1.165, 1.54) is 50.5 Å². The van der Waals surface area contributed by atoms with Gasteiger partial charge in [-0.3, -0.25) is 9.59 Å². The number of thiophene rings is 2. The molecular formula is C23H18F3N3O2S2. The molecule has 4 rings (SSSR count). The van der Waals surface area contributed by atoms with Crippen LogP contribution in [0.3, 0.4) is 0 Å². The molecule has 4 aromatic rings. The monoisotopic (exact) mass is 489 g/mol. The summed E-state index contributed by atoms with van der Waals surface area (Å²) >= 11 is 2.97. The fourth-order valence-electron chi connectivity index (χ4n) is 3.30. The van der Waals surface area contributed by atoms with E-state index in [1.54, 1.807) is 6.92 Å². The molecule has 10 heteroatoms. The lowest BCUT2D eigenvalue weighted by Crippen LogP contribution is -2.35. The summed E-state index contributed by atoms with van der Waals surface area (Å²) in [7, 11) is 0. The first kappa shape index (κ1) is 22.9. The second-order valence-electron chi connectivity index (χ2n) is 7.28. The Morgan fingerprint density at radius 3 is 2.18 bits per heavy atom. The van der Waals surface area contributed by atoms with Crippen LogP contribution in [-0.2, 0) is 19.3 Å². The zero-order chi connectivity index (χ0) is 23.6. The van der Waals surface area contributed by atoms with E-state index in [9.17, 15) is 22.8 Å². The number of benzene rings is 1. The molecule has 0 aliphatic carbocycles. The van der Waals surface area contributed by atoms with Crippen molar-refractivity contribution in [2.75, 3.05) is 0 Å². The molecule has 1 aromatic carbocycles. The number of rotatable bonds is 6. The van der Waals surface area contributed by atoms with Gasteiger partial charge in [-0.05, 0) is 48.0 Å². The van der Waals surface area contributed by atoms with E-state index in [4.69, 9.17) is 0 Å². The molecule has 3 heterocycles. The smallest absolute Gasteiger partial charge is 0.327 e. The molecule has 0 saturated heterocycles. The van der Waals surface area contributed by atoms with Crippen LogP contribution in [0.4, 0.5) is 13.2 Å². The number of aromatic nitrogens is 2. The molecule has 0 spiro atoms. The summed E-state index contributed by atoms with van der Waals surface area (Å²) in [5.41, 5.74) is -1.34. The van der Waals surface area contributed by atoms with Crippen molar-refractivity contribution in [1.29, 1.82) is 0 Å². The summed E-state index contributed by atoms with van der Waals surface area (Å²) in [5.74, 6) is -0.581. The summed E-state index contributed by atoms with van der Waals surface area (Å²) in [6.45, 7) is 2.12. The summed E-state index contributed by atoms with van der Waals surface area (Å²) < 4.78 is 40.7. The second kappa shape index (κ2) is 9.32. The largest absolute Gasteiger partial charge is 0.416 e. The van der Waals surface area contributed by atoms with Crippen LogP contribution in [0.25, 0.3) is 5.69 Å². The molecule has 3 aromatic heterocycles. The summed E-state index contributed by atoms with van der Waals surface area (Å²) in [4.78, 5) is 29.5. The first-order valence-electron chi connectivity index (χ1n) is 9.85. The second-order valence-corrected chi connectivity index (χ2v) is 9.34. The van der Waals surface area contributed by atoms with E-state index in [-0.39, 0.29) is 24.5 Å². The molecule has 0 atom stereocenters. The van der Waals surface area contributed by atoms with Gasteiger partial charge in [-0.2, -0.15) is 18.3 Å². The minimum absolute atomic E-state index is 0.111. The Hall–Kier alpha value is -3.24. The maximum absolute atomic E-state index is 13.4. The van der Waals surface area contributed by atoms with E-state index in [0.29, 0.717) is 5.69 Å². The van der Waals surface area contributed by atoms with Crippen molar-refractivity contribution in [3.63, 3.8) is 0 Å². The summed E-state index contributed by atoms with van der Waals surface area (Å²) in [5, 5.41) is 7.99. The number of amides is 1. The highest BCUT2D eigenvalue weighted by Crippen LogP contribution is 2.30. The molecule has 170 valence electrons. The maximum atomic E-state index is 13.4. The molecule has 0 N–H and O–H groups in total. The SMILES string of the molecule is Cc1cc(=O)c(C(=O)N(Cc2cccs2)Cc2cccs2)nn1-c1cccc(C(F)(F)F)c1. The average Bonchev–Trinajstić information content (AvgIpc) is 3.47. The minimum atomic E-state index is -4.53. The lowest BCUT2D eigenvalue weighted by molar-refractivity contribution is -0.137. The van der Waals surface area contributed by atoms with Crippen molar-refractivity contribution in [3.8, 4) is 5.69 Å². The molecule has 0 fully saturated rings. The zero-order valence-electron chi connectivity index (χ0n) is 17.4.